The van der Waals surface area contributed by atoms with Gasteiger partial charge < -0.3 is 0 Å². The van der Waals surface area contributed by atoms with Crippen LogP contribution in [0.5, 0.6) is 0 Å². The summed E-state index contributed by atoms with van der Waals surface area (Å²) in [5, 5.41) is 0. The molecule has 0 amide bonds. The van der Waals surface area contributed by atoms with Gasteiger partial charge in [-0.15, -0.1) is 0 Å². The summed E-state index contributed by atoms with van der Waals surface area (Å²) in [6.45, 7) is 2.06. The zero-order valence-corrected chi connectivity index (χ0v) is 10.6. The van der Waals surface area contributed by atoms with Gasteiger partial charge in [-0.1, -0.05) is 36.2 Å². The Bertz CT molecular complexity index is 433. The van der Waals surface area contributed by atoms with E-state index in [1.807, 2.05) is 6.21 Å². The van der Waals surface area contributed by atoms with E-state index in [0.29, 0.717) is 12.2 Å². The van der Waals surface area contributed by atoms with Crippen molar-refractivity contribution in [2.75, 3.05) is 7.05 Å². The van der Waals surface area contributed by atoms with Crippen molar-refractivity contribution >= 4 is 12.0 Å². The highest BCUT2D eigenvalue weighted by atomic mass is 16.1. The first-order valence-electron chi connectivity index (χ1n) is 6.23. The minimum absolute atomic E-state index is 0.318. The molecule has 1 fully saturated rings. The molecule has 2 nitrogen and oxygen atoms in total. The second kappa shape index (κ2) is 4.82. The zero-order chi connectivity index (χ0) is 12.3. The van der Waals surface area contributed by atoms with Crippen LogP contribution in [0.15, 0.2) is 29.3 Å². The van der Waals surface area contributed by atoms with E-state index in [4.69, 9.17) is 0 Å². The Balaban J connectivity index is 2.46. The van der Waals surface area contributed by atoms with Gasteiger partial charge >= 0.3 is 0 Å². The molecule has 0 aromatic heterocycles. The quantitative estimate of drug-likeness (QED) is 0.717. The van der Waals surface area contributed by atoms with E-state index in [2.05, 4.69) is 36.2 Å². The molecule has 1 aliphatic carbocycles. The molecule has 1 aromatic rings. The molecule has 1 aliphatic rings. The standard InChI is InChI=1S/C15H19NO/c1-12-6-8-13(9-7-12)15(11-16-2)10-4-3-5-14(15)17/h6-9,11H,3-5,10H2,1-2H3/t15-/m0/s1. The van der Waals surface area contributed by atoms with E-state index in [1.165, 1.54) is 5.56 Å². The van der Waals surface area contributed by atoms with E-state index in [9.17, 15) is 4.79 Å². The fourth-order valence-electron chi connectivity index (χ4n) is 2.64. The normalized spacial score (nSPS) is 25.4. The summed E-state index contributed by atoms with van der Waals surface area (Å²) in [6, 6.07) is 8.28. The Hall–Kier alpha value is -1.44. The number of carbonyl (C=O) groups is 1. The number of nitrogens with zero attached hydrogens (tertiary/aromatic N) is 1. The van der Waals surface area contributed by atoms with Crippen LogP contribution in [-0.4, -0.2) is 19.0 Å². The van der Waals surface area contributed by atoms with Crippen LogP contribution in [0.3, 0.4) is 0 Å². The summed E-state index contributed by atoms with van der Waals surface area (Å²) in [5.41, 5.74) is 1.86. The van der Waals surface area contributed by atoms with Crippen LogP contribution in [0, 0.1) is 6.92 Å². The number of Topliss-reactive ketones (excluding diaryl/α,β-unsaturated/α-hetero) is 1. The zero-order valence-electron chi connectivity index (χ0n) is 10.6. The van der Waals surface area contributed by atoms with E-state index < -0.39 is 5.41 Å². The molecule has 2 rings (SSSR count). The number of carbonyl (C=O) groups excluding carboxylic acids is 1. The van der Waals surface area contributed by atoms with Crippen molar-refractivity contribution in [3.05, 3.63) is 35.4 Å². The summed E-state index contributed by atoms with van der Waals surface area (Å²) in [6.07, 6.45) is 5.54. The molecule has 1 aromatic carbocycles. The first-order valence-corrected chi connectivity index (χ1v) is 6.23. The minimum atomic E-state index is -0.458. The Morgan fingerprint density at radius 1 is 1.24 bits per heavy atom. The van der Waals surface area contributed by atoms with Crippen LogP contribution in [-0.2, 0) is 10.2 Å². The van der Waals surface area contributed by atoms with Crippen LogP contribution in [0.4, 0.5) is 0 Å². The molecule has 0 unspecified atom stereocenters. The van der Waals surface area contributed by atoms with Crippen LogP contribution in [0.2, 0.25) is 0 Å². The average molecular weight is 229 g/mol. The smallest absolute Gasteiger partial charge is 0.148 e. The summed E-state index contributed by atoms with van der Waals surface area (Å²) in [4.78, 5) is 16.4. The summed E-state index contributed by atoms with van der Waals surface area (Å²) >= 11 is 0. The predicted octanol–water partition coefficient (Wildman–Crippen LogP) is 3.08. The molecule has 0 spiro atoms. The van der Waals surface area contributed by atoms with Gasteiger partial charge in [-0.3, -0.25) is 9.79 Å². The Morgan fingerprint density at radius 2 is 1.94 bits per heavy atom. The Labute approximate surface area is 103 Å². The lowest BCUT2D eigenvalue weighted by atomic mass is 9.69. The van der Waals surface area contributed by atoms with Crippen molar-refractivity contribution in [2.45, 2.75) is 38.0 Å². The van der Waals surface area contributed by atoms with Crippen molar-refractivity contribution in [3.8, 4) is 0 Å². The van der Waals surface area contributed by atoms with Crippen molar-refractivity contribution in [2.24, 2.45) is 4.99 Å². The van der Waals surface area contributed by atoms with E-state index in [0.717, 1.165) is 24.8 Å². The van der Waals surface area contributed by atoms with Gasteiger partial charge in [-0.25, -0.2) is 0 Å². The van der Waals surface area contributed by atoms with Gasteiger partial charge in [0.2, 0.25) is 0 Å². The summed E-state index contributed by atoms with van der Waals surface area (Å²) in [7, 11) is 1.75. The van der Waals surface area contributed by atoms with Gasteiger partial charge in [0.15, 0.2) is 0 Å². The number of rotatable bonds is 2. The molecule has 0 bridgehead atoms. The molecule has 0 N–H and O–H groups in total. The number of aryl methyl sites for hydroxylation is 1. The van der Waals surface area contributed by atoms with Gasteiger partial charge in [0.1, 0.15) is 5.78 Å². The molecule has 2 heteroatoms. The Morgan fingerprint density at radius 3 is 2.53 bits per heavy atom. The average Bonchev–Trinajstić information content (AvgIpc) is 2.33. The summed E-state index contributed by atoms with van der Waals surface area (Å²) in [5.74, 6) is 0.318. The maximum atomic E-state index is 12.3. The van der Waals surface area contributed by atoms with E-state index in [1.54, 1.807) is 7.05 Å². The van der Waals surface area contributed by atoms with Gasteiger partial charge in [0, 0.05) is 19.7 Å². The molecule has 17 heavy (non-hydrogen) atoms. The molecule has 0 aliphatic heterocycles. The lowest BCUT2D eigenvalue weighted by Gasteiger charge is -2.32. The third kappa shape index (κ3) is 2.17. The maximum Gasteiger partial charge on any atom is 0.148 e. The van der Waals surface area contributed by atoms with Crippen LogP contribution in [0.1, 0.15) is 36.8 Å². The SMILES string of the molecule is CN=C[C@]1(c2ccc(C)cc2)CCCCC1=O. The fourth-order valence-corrected chi connectivity index (χ4v) is 2.64. The van der Waals surface area contributed by atoms with Crippen molar-refractivity contribution in [1.82, 2.24) is 0 Å². The molecule has 90 valence electrons. The number of hydrogen-bond donors (Lipinski definition) is 0. The van der Waals surface area contributed by atoms with Crippen molar-refractivity contribution in [1.29, 1.82) is 0 Å². The van der Waals surface area contributed by atoms with Gasteiger partial charge in [0.25, 0.3) is 0 Å². The van der Waals surface area contributed by atoms with Crippen molar-refractivity contribution < 1.29 is 4.79 Å². The van der Waals surface area contributed by atoms with Gasteiger partial charge in [-0.05, 0) is 25.3 Å². The lowest BCUT2D eigenvalue weighted by Crippen LogP contribution is -2.40. The second-order valence-electron chi connectivity index (χ2n) is 4.85. The first kappa shape index (κ1) is 12.0. The number of ketones is 1. The highest BCUT2D eigenvalue weighted by molar-refractivity contribution is 6.06. The third-order valence-corrected chi connectivity index (χ3v) is 3.64. The maximum absolute atomic E-state index is 12.3. The molecule has 0 radical (unpaired) electrons. The molecule has 1 atom stereocenters. The molecular formula is C15H19NO. The first-order chi connectivity index (χ1) is 8.19. The summed E-state index contributed by atoms with van der Waals surface area (Å²) < 4.78 is 0. The second-order valence-corrected chi connectivity index (χ2v) is 4.85. The number of benzene rings is 1. The largest absolute Gasteiger partial charge is 0.299 e. The molecule has 1 saturated carbocycles. The lowest BCUT2D eigenvalue weighted by molar-refractivity contribution is -0.123. The monoisotopic (exact) mass is 229 g/mol. The van der Waals surface area contributed by atoms with Crippen LogP contribution < -0.4 is 0 Å². The highest BCUT2D eigenvalue weighted by Crippen LogP contribution is 2.35. The molecular weight excluding hydrogens is 210 g/mol. The van der Waals surface area contributed by atoms with E-state index in [-0.39, 0.29) is 0 Å². The fraction of sp³-hybridized carbons (Fsp3) is 0.467. The molecule has 0 heterocycles. The highest BCUT2D eigenvalue weighted by Gasteiger charge is 2.39. The Kier molecular flexibility index (Phi) is 3.41. The molecule has 0 saturated heterocycles. The predicted molar refractivity (Wildman–Crippen MR) is 70.7 cm³/mol. The van der Waals surface area contributed by atoms with E-state index >= 15 is 0 Å². The van der Waals surface area contributed by atoms with Gasteiger partial charge in [0.05, 0.1) is 5.41 Å². The third-order valence-electron chi connectivity index (χ3n) is 3.64. The van der Waals surface area contributed by atoms with Crippen molar-refractivity contribution in [3.63, 3.8) is 0 Å². The van der Waals surface area contributed by atoms with Crippen LogP contribution >= 0.6 is 0 Å². The minimum Gasteiger partial charge on any atom is -0.299 e. The van der Waals surface area contributed by atoms with Crippen LogP contribution in [0.25, 0.3) is 0 Å². The number of aliphatic imine (C=N–C) groups is 1. The number of hydrogen-bond acceptors (Lipinski definition) is 2. The topological polar surface area (TPSA) is 29.4 Å². The van der Waals surface area contributed by atoms with Gasteiger partial charge in [-0.2, -0.15) is 0 Å².